The van der Waals surface area contributed by atoms with Gasteiger partial charge in [0.05, 0.1) is 10.8 Å². The summed E-state index contributed by atoms with van der Waals surface area (Å²) in [5.41, 5.74) is 0. The van der Waals surface area contributed by atoms with Crippen LogP contribution >= 0.6 is 0 Å². The topological polar surface area (TPSA) is 142 Å². The third-order valence-corrected chi connectivity index (χ3v) is 3.40. The van der Waals surface area contributed by atoms with Crippen LogP contribution in [-0.4, -0.2) is 35.7 Å². The number of rotatable bonds is 0. The van der Waals surface area contributed by atoms with Crippen molar-refractivity contribution in [3.8, 4) is 40.2 Å². The lowest BCUT2D eigenvalue weighted by molar-refractivity contribution is 0.350. The van der Waals surface area contributed by atoms with Crippen molar-refractivity contribution in [2.24, 2.45) is 0 Å². The fourth-order valence-electron chi connectivity index (χ4n) is 2.34. The Labute approximate surface area is 116 Å². The summed E-state index contributed by atoms with van der Waals surface area (Å²) in [6.45, 7) is 0. The van der Waals surface area contributed by atoms with Gasteiger partial charge in [-0.2, -0.15) is 0 Å². The summed E-state index contributed by atoms with van der Waals surface area (Å²) in [5, 5.41) is 67.8. The van der Waals surface area contributed by atoms with Crippen molar-refractivity contribution in [1.82, 2.24) is 0 Å². The van der Waals surface area contributed by atoms with Crippen LogP contribution in [0.1, 0.15) is 0 Å². The molecule has 0 aliphatic carbocycles. The van der Waals surface area contributed by atoms with Crippen molar-refractivity contribution in [3.05, 3.63) is 18.2 Å². The molecule has 7 heteroatoms. The third kappa shape index (κ3) is 1.48. The lowest BCUT2D eigenvalue weighted by Crippen LogP contribution is -1.84. The van der Waals surface area contributed by atoms with E-state index < -0.39 is 40.2 Å². The Kier molecular flexibility index (Phi) is 2.37. The van der Waals surface area contributed by atoms with Gasteiger partial charge < -0.3 is 35.7 Å². The van der Waals surface area contributed by atoms with Crippen LogP contribution in [0.5, 0.6) is 40.2 Å². The van der Waals surface area contributed by atoms with Crippen molar-refractivity contribution in [3.63, 3.8) is 0 Å². The van der Waals surface area contributed by atoms with E-state index in [9.17, 15) is 35.7 Å². The molecule has 7 nitrogen and oxygen atoms in total. The molecule has 0 saturated carbocycles. The second-order valence-electron chi connectivity index (χ2n) is 4.57. The van der Waals surface area contributed by atoms with Gasteiger partial charge in [0.25, 0.3) is 0 Å². The highest BCUT2D eigenvalue weighted by atomic mass is 16.3. The van der Waals surface area contributed by atoms with Gasteiger partial charge in [-0.05, 0) is 17.5 Å². The average molecular weight is 290 g/mol. The number of hydrogen-bond donors (Lipinski definition) is 7. The minimum Gasteiger partial charge on any atom is -0.506 e. The second-order valence-corrected chi connectivity index (χ2v) is 4.57. The molecule has 0 aromatic heterocycles. The summed E-state index contributed by atoms with van der Waals surface area (Å²) >= 11 is 0. The zero-order chi connectivity index (χ0) is 15.5. The van der Waals surface area contributed by atoms with E-state index in [2.05, 4.69) is 0 Å². The Morgan fingerprint density at radius 2 is 1.14 bits per heavy atom. The van der Waals surface area contributed by atoms with Crippen molar-refractivity contribution in [1.29, 1.82) is 0 Å². The van der Waals surface area contributed by atoms with Gasteiger partial charge in [0.1, 0.15) is 5.75 Å². The summed E-state index contributed by atoms with van der Waals surface area (Å²) in [5.74, 6) is -5.27. The molecule has 0 saturated heterocycles. The quantitative estimate of drug-likeness (QED) is 0.190. The molecule has 3 rings (SSSR count). The van der Waals surface area contributed by atoms with E-state index in [1.54, 1.807) is 0 Å². The average Bonchev–Trinajstić information content (AvgIpc) is 2.46. The zero-order valence-corrected chi connectivity index (χ0v) is 10.4. The molecular weight excluding hydrogens is 280 g/mol. The van der Waals surface area contributed by atoms with Gasteiger partial charge >= 0.3 is 0 Å². The predicted octanol–water partition coefficient (Wildman–Crippen LogP) is 1.93. The van der Waals surface area contributed by atoms with E-state index >= 15 is 0 Å². The van der Waals surface area contributed by atoms with Gasteiger partial charge in [0, 0.05) is 5.39 Å². The van der Waals surface area contributed by atoms with Crippen LogP contribution in [-0.2, 0) is 0 Å². The molecule has 0 bridgehead atoms. The fraction of sp³-hybridized carbons (Fsp3) is 0. The summed E-state index contributed by atoms with van der Waals surface area (Å²) in [7, 11) is 0. The van der Waals surface area contributed by atoms with E-state index in [1.165, 1.54) is 18.2 Å². The second kappa shape index (κ2) is 3.89. The Balaban J connectivity index is 2.67. The van der Waals surface area contributed by atoms with Gasteiger partial charge in [-0.3, -0.25) is 0 Å². The van der Waals surface area contributed by atoms with Gasteiger partial charge in [-0.1, -0.05) is 6.07 Å². The zero-order valence-electron chi connectivity index (χ0n) is 10.4. The number of phenols is 7. The number of benzene rings is 3. The number of fused-ring (bicyclic) bond motifs is 2. The highest BCUT2D eigenvalue weighted by Gasteiger charge is 2.23. The van der Waals surface area contributed by atoms with Crippen LogP contribution in [0.2, 0.25) is 0 Å². The molecule has 108 valence electrons. The fourth-order valence-corrected chi connectivity index (χ4v) is 2.34. The molecular formula is C14H10O7. The molecule has 0 heterocycles. The Morgan fingerprint density at radius 1 is 0.524 bits per heavy atom. The molecule has 0 spiro atoms. The van der Waals surface area contributed by atoms with E-state index in [4.69, 9.17) is 0 Å². The van der Waals surface area contributed by atoms with Crippen LogP contribution in [0.3, 0.4) is 0 Å². The van der Waals surface area contributed by atoms with E-state index in [0.717, 1.165) is 0 Å². The first kappa shape index (κ1) is 12.8. The molecule has 0 aliphatic rings. The normalized spacial score (nSPS) is 11.2. The molecule has 0 unspecified atom stereocenters. The molecule has 0 amide bonds. The van der Waals surface area contributed by atoms with Crippen molar-refractivity contribution in [2.45, 2.75) is 0 Å². The van der Waals surface area contributed by atoms with Gasteiger partial charge in [0.2, 0.25) is 11.5 Å². The molecule has 0 radical (unpaired) electrons. The van der Waals surface area contributed by atoms with Gasteiger partial charge in [-0.15, -0.1) is 0 Å². The summed E-state index contributed by atoms with van der Waals surface area (Å²) in [6, 6.07) is 3.82. The van der Waals surface area contributed by atoms with Crippen molar-refractivity contribution < 1.29 is 35.7 Å². The Hall–Kier alpha value is -3.22. The van der Waals surface area contributed by atoms with Gasteiger partial charge in [-0.25, -0.2) is 0 Å². The lowest BCUT2D eigenvalue weighted by Gasteiger charge is -2.13. The first-order valence-electron chi connectivity index (χ1n) is 5.80. The summed E-state index contributed by atoms with van der Waals surface area (Å²) in [6.07, 6.45) is 0. The Morgan fingerprint density at radius 3 is 1.81 bits per heavy atom. The molecule has 0 aliphatic heterocycles. The summed E-state index contributed by atoms with van der Waals surface area (Å²) in [4.78, 5) is 0. The lowest BCUT2D eigenvalue weighted by atomic mass is 9.99. The van der Waals surface area contributed by atoms with Crippen LogP contribution in [0.15, 0.2) is 18.2 Å². The molecule has 3 aromatic carbocycles. The Bertz CT molecular complexity index is 915. The first-order chi connectivity index (χ1) is 9.84. The summed E-state index contributed by atoms with van der Waals surface area (Å²) < 4.78 is 0. The maximum Gasteiger partial charge on any atom is 0.205 e. The maximum absolute atomic E-state index is 10.2. The first-order valence-corrected chi connectivity index (χ1v) is 5.80. The van der Waals surface area contributed by atoms with Gasteiger partial charge in [0.15, 0.2) is 23.0 Å². The number of hydrogen-bond acceptors (Lipinski definition) is 7. The largest absolute Gasteiger partial charge is 0.506 e. The van der Waals surface area contributed by atoms with E-state index in [0.29, 0.717) is 0 Å². The van der Waals surface area contributed by atoms with Crippen molar-refractivity contribution in [2.75, 3.05) is 0 Å². The molecule has 7 N–H and O–H groups in total. The maximum atomic E-state index is 10.2. The van der Waals surface area contributed by atoms with Crippen LogP contribution in [0, 0.1) is 0 Å². The number of phenolic OH excluding ortho intramolecular Hbond substituents is 7. The van der Waals surface area contributed by atoms with E-state index in [-0.39, 0.29) is 21.5 Å². The predicted molar refractivity (Wildman–Crippen MR) is 73.1 cm³/mol. The molecule has 21 heavy (non-hydrogen) atoms. The van der Waals surface area contributed by atoms with Crippen LogP contribution in [0.4, 0.5) is 0 Å². The highest BCUT2D eigenvalue weighted by molar-refractivity contribution is 6.13. The van der Waals surface area contributed by atoms with Crippen LogP contribution < -0.4 is 0 Å². The van der Waals surface area contributed by atoms with E-state index in [1.807, 2.05) is 0 Å². The van der Waals surface area contributed by atoms with Crippen LogP contribution in [0.25, 0.3) is 21.5 Å². The number of aromatic hydroxyl groups is 7. The smallest absolute Gasteiger partial charge is 0.205 e. The SMILES string of the molecule is Oc1ccc2cc3c(O)c(O)c(O)c(O)c3c(O)c2c1O. The standard InChI is InChI=1S/C14H10O7/c15-6-2-1-4-3-5-8(11(18)7(4)10(6)17)12(19)14(21)13(20)9(5)16/h1-3,15-21H. The third-order valence-electron chi connectivity index (χ3n) is 3.40. The molecule has 0 fully saturated rings. The molecule has 3 aromatic rings. The highest BCUT2D eigenvalue weighted by Crippen LogP contribution is 2.54. The minimum atomic E-state index is -1.01. The monoisotopic (exact) mass is 290 g/mol. The molecule has 0 atom stereocenters. The van der Waals surface area contributed by atoms with Crippen molar-refractivity contribution >= 4 is 21.5 Å². The minimum absolute atomic E-state index is 0.127.